The number of benzodiazepines with no additional fused rings is 1. The molecule has 26 heavy (non-hydrogen) atoms. The van der Waals surface area contributed by atoms with Gasteiger partial charge in [0.15, 0.2) is 5.84 Å². The number of oxime groups is 1. The van der Waals surface area contributed by atoms with Gasteiger partial charge in [0.05, 0.1) is 5.71 Å². The van der Waals surface area contributed by atoms with Gasteiger partial charge in [0.25, 0.3) is 0 Å². The first-order chi connectivity index (χ1) is 12.7. The molecule has 0 amide bonds. The largest absolute Gasteiger partial charge is 0.409 e. The maximum Gasteiger partial charge on any atom is 0.198 e. The highest BCUT2D eigenvalue weighted by Gasteiger charge is 2.31. The molecule has 1 atom stereocenters. The van der Waals surface area contributed by atoms with Gasteiger partial charge < -0.3 is 19.8 Å². The van der Waals surface area contributed by atoms with Crippen LogP contribution in [0.15, 0.2) is 64.7 Å². The smallest absolute Gasteiger partial charge is 0.198 e. The van der Waals surface area contributed by atoms with Gasteiger partial charge in [-0.3, -0.25) is 0 Å². The van der Waals surface area contributed by atoms with Crippen molar-refractivity contribution >= 4 is 23.5 Å². The summed E-state index contributed by atoms with van der Waals surface area (Å²) in [7, 11) is 3.96. The highest BCUT2D eigenvalue weighted by Crippen LogP contribution is 2.29. The van der Waals surface area contributed by atoms with E-state index in [0.29, 0.717) is 12.3 Å². The lowest BCUT2D eigenvalue weighted by Gasteiger charge is -2.30. The number of rotatable bonds is 5. The molecule has 134 valence electrons. The van der Waals surface area contributed by atoms with Gasteiger partial charge in [0.1, 0.15) is 12.3 Å². The summed E-state index contributed by atoms with van der Waals surface area (Å²) in [6, 6.07) is 16.8. The lowest BCUT2D eigenvalue weighted by Crippen LogP contribution is -2.44. The molecule has 0 aliphatic carbocycles. The second-order valence-electron chi connectivity index (χ2n) is 6.38. The maximum atomic E-state index is 11.9. The van der Waals surface area contributed by atoms with Gasteiger partial charge in [-0.25, -0.2) is 4.99 Å². The van der Waals surface area contributed by atoms with E-state index in [1.54, 1.807) is 0 Å². The normalized spacial score (nSPS) is 18.4. The highest BCUT2D eigenvalue weighted by molar-refractivity contribution is 6.23. The zero-order valence-corrected chi connectivity index (χ0v) is 14.9. The Morgan fingerprint density at radius 1 is 1.15 bits per heavy atom. The van der Waals surface area contributed by atoms with Crippen molar-refractivity contribution in [3.8, 4) is 0 Å². The molecule has 1 aliphatic heterocycles. The number of aldehydes is 1. The highest BCUT2D eigenvalue weighted by atomic mass is 16.4. The van der Waals surface area contributed by atoms with E-state index in [4.69, 9.17) is 0 Å². The van der Waals surface area contributed by atoms with Crippen molar-refractivity contribution in [1.82, 2.24) is 4.90 Å². The minimum Gasteiger partial charge on any atom is -0.409 e. The van der Waals surface area contributed by atoms with Crippen LogP contribution < -0.4 is 4.90 Å². The molecule has 0 fully saturated rings. The molecule has 0 aromatic heterocycles. The lowest BCUT2D eigenvalue weighted by molar-refractivity contribution is -0.107. The molecule has 0 bridgehead atoms. The van der Waals surface area contributed by atoms with Crippen LogP contribution >= 0.6 is 0 Å². The van der Waals surface area contributed by atoms with E-state index >= 15 is 0 Å². The zero-order chi connectivity index (χ0) is 18.5. The Morgan fingerprint density at radius 2 is 1.85 bits per heavy atom. The maximum absolute atomic E-state index is 11.9. The third kappa shape index (κ3) is 3.50. The summed E-state index contributed by atoms with van der Waals surface area (Å²) in [5, 5.41) is 12.9. The number of likely N-dealkylation sites (N-methyl/N-ethyl adjacent to an activating group) is 1. The summed E-state index contributed by atoms with van der Waals surface area (Å²) < 4.78 is 0. The van der Waals surface area contributed by atoms with Crippen LogP contribution in [0.4, 0.5) is 5.69 Å². The van der Waals surface area contributed by atoms with Gasteiger partial charge in [-0.15, -0.1) is 0 Å². The number of hydrogen-bond acceptors (Lipinski definition) is 5. The third-order valence-corrected chi connectivity index (χ3v) is 4.36. The molecule has 0 saturated heterocycles. The number of carbonyl (C=O) groups is 1. The molecular formula is C20H22N4O2. The second kappa shape index (κ2) is 7.93. The molecule has 6 nitrogen and oxygen atoms in total. The fraction of sp³-hybridized carbons (Fsp3) is 0.250. The van der Waals surface area contributed by atoms with Crippen molar-refractivity contribution in [3.63, 3.8) is 0 Å². The van der Waals surface area contributed by atoms with Crippen molar-refractivity contribution in [2.75, 3.05) is 32.1 Å². The number of hydrogen-bond donors (Lipinski definition) is 1. The molecule has 6 heteroatoms. The van der Waals surface area contributed by atoms with Crippen LogP contribution in [0.25, 0.3) is 0 Å². The van der Waals surface area contributed by atoms with Gasteiger partial charge in [-0.05, 0) is 20.2 Å². The molecule has 0 spiro atoms. The van der Waals surface area contributed by atoms with Crippen LogP contribution in [0.1, 0.15) is 11.1 Å². The first-order valence-corrected chi connectivity index (χ1v) is 8.48. The van der Waals surface area contributed by atoms with E-state index in [1.165, 1.54) is 0 Å². The number of amidine groups is 1. The standard InChI is InChI=1S/C20H22N4O2/c1-23(2)12-13-24-17-11-7-6-10-16(17)19(15-8-4-3-5-9-15)21-20(22-26)18(24)14-25/h3-11,14,18,26H,12-13H2,1-2H3. The number of aliphatic imine (C=N–C) groups is 1. The number of anilines is 1. The fourth-order valence-corrected chi connectivity index (χ4v) is 3.05. The topological polar surface area (TPSA) is 68.5 Å². The Hall–Kier alpha value is -2.99. The quantitative estimate of drug-likeness (QED) is 0.510. The predicted octanol–water partition coefficient (Wildman–Crippen LogP) is 2.26. The van der Waals surface area contributed by atoms with Gasteiger partial charge >= 0.3 is 0 Å². The van der Waals surface area contributed by atoms with Crippen molar-refractivity contribution in [2.24, 2.45) is 10.1 Å². The van der Waals surface area contributed by atoms with E-state index in [0.717, 1.165) is 29.6 Å². The van der Waals surface area contributed by atoms with Crippen molar-refractivity contribution in [2.45, 2.75) is 6.04 Å². The molecule has 0 saturated carbocycles. The average molecular weight is 350 g/mol. The Balaban J connectivity index is 2.19. The Labute approximate surface area is 153 Å². The number of carbonyl (C=O) groups excluding carboxylic acids is 1. The molecule has 3 rings (SSSR count). The Morgan fingerprint density at radius 3 is 2.50 bits per heavy atom. The number of benzene rings is 2. The molecule has 1 aliphatic rings. The molecule has 1 heterocycles. The molecule has 1 N–H and O–H groups in total. The number of nitrogens with zero attached hydrogens (tertiary/aromatic N) is 4. The van der Waals surface area contributed by atoms with E-state index in [2.05, 4.69) is 10.1 Å². The number of fused-ring (bicyclic) bond motifs is 1. The molecule has 2 aromatic carbocycles. The van der Waals surface area contributed by atoms with Crippen LogP contribution in [-0.4, -0.2) is 61.2 Å². The summed E-state index contributed by atoms with van der Waals surface area (Å²) in [6.07, 6.45) is 0.777. The Bertz CT molecular complexity index is 831. The molecule has 0 radical (unpaired) electrons. The first kappa shape index (κ1) is 17.8. The lowest BCUT2D eigenvalue weighted by atomic mass is 10.00. The number of para-hydroxylation sites is 1. The van der Waals surface area contributed by atoms with Crippen molar-refractivity contribution in [1.29, 1.82) is 0 Å². The van der Waals surface area contributed by atoms with Gasteiger partial charge in [0, 0.05) is 29.9 Å². The van der Waals surface area contributed by atoms with E-state index < -0.39 is 6.04 Å². The van der Waals surface area contributed by atoms with Crippen LogP contribution in [0.2, 0.25) is 0 Å². The molecule has 2 aromatic rings. The first-order valence-electron chi connectivity index (χ1n) is 8.48. The minimum absolute atomic E-state index is 0.0915. The Kier molecular flexibility index (Phi) is 5.43. The average Bonchev–Trinajstić information content (AvgIpc) is 2.81. The van der Waals surface area contributed by atoms with Crippen LogP contribution in [0.5, 0.6) is 0 Å². The van der Waals surface area contributed by atoms with Crippen LogP contribution in [-0.2, 0) is 4.79 Å². The molecular weight excluding hydrogens is 328 g/mol. The van der Waals surface area contributed by atoms with E-state index in [1.807, 2.05) is 78.5 Å². The van der Waals surface area contributed by atoms with E-state index in [-0.39, 0.29) is 5.84 Å². The SMILES string of the molecule is CN(C)CCN1c2ccccc2C(c2ccccc2)=NC(=NO)C1C=O. The summed E-state index contributed by atoms with van der Waals surface area (Å²) >= 11 is 0. The van der Waals surface area contributed by atoms with Gasteiger partial charge in [-0.1, -0.05) is 53.7 Å². The minimum atomic E-state index is -0.748. The summed E-state index contributed by atoms with van der Waals surface area (Å²) in [5.41, 5.74) is 3.39. The third-order valence-electron chi connectivity index (χ3n) is 4.36. The fourth-order valence-electron chi connectivity index (χ4n) is 3.05. The van der Waals surface area contributed by atoms with Crippen LogP contribution in [0.3, 0.4) is 0 Å². The monoisotopic (exact) mass is 350 g/mol. The predicted molar refractivity (Wildman–Crippen MR) is 103 cm³/mol. The van der Waals surface area contributed by atoms with Crippen molar-refractivity contribution < 1.29 is 10.0 Å². The van der Waals surface area contributed by atoms with Crippen LogP contribution in [0, 0.1) is 0 Å². The molecule has 1 unspecified atom stereocenters. The summed E-state index contributed by atoms with van der Waals surface area (Å²) in [6.45, 7) is 1.35. The second-order valence-corrected chi connectivity index (χ2v) is 6.38. The van der Waals surface area contributed by atoms with Crippen molar-refractivity contribution in [3.05, 3.63) is 65.7 Å². The summed E-state index contributed by atoms with van der Waals surface area (Å²) in [4.78, 5) is 20.4. The van der Waals surface area contributed by atoms with Gasteiger partial charge in [-0.2, -0.15) is 0 Å². The van der Waals surface area contributed by atoms with E-state index in [9.17, 15) is 10.0 Å². The zero-order valence-electron chi connectivity index (χ0n) is 14.9. The summed E-state index contributed by atoms with van der Waals surface area (Å²) in [5.74, 6) is 0.0915. The van der Waals surface area contributed by atoms with Gasteiger partial charge in [0.2, 0.25) is 0 Å².